The van der Waals surface area contributed by atoms with Crippen molar-refractivity contribution in [1.29, 1.82) is 0 Å². The van der Waals surface area contributed by atoms with E-state index >= 15 is 4.39 Å². The van der Waals surface area contributed by atoms with E-state index in [9.17, 15) is 0 Å². The lowest BCUT2D eigenvalue weighted by Crippen LogP contribution is -1.96. The Bertz CT molecular complexity index is 1990. The Hall–Kier alpha value is -4.13. The van der Waals surface area contributed by atoms with Gasteiger partial charge in [-0.15, -0.1) is 11.3 Å². The first-order valence-corrected chi connectivity index (χ1v) is 14.9. The highest BCUT2D eigenvalue weighted by Crippen LogP contribution is 2.40. The smallest absolute Gasteiger partial charge is 0.131 e. The predicted octanol–water partition coefficient (Wildman–Crippen LogP) is 10.4. The lowest BCUT2D eigenvalue weighted by Gasteiger charge is -2.10. The molecule has 3 nitrogen and oxygen atoms in total. The SMILES string of the molecule is CCCCOc1ccc(-c2ccc(-c3ccc(-c4ccc5c(c4)sc4ccccc45)c4nsnc34)c(F)c2)cc1. The van der Waals surface area contributed by atoms with E-state index in [1.165, 1.54) is 20.2 Å². The molecule has 0 bridgehead atoms. The highest BCUT2D eigenvalue weighted by atomic mass is 32.1. The van der Waals surface area contributed by atoms with Gasteiger partial charge in [0.25, 0.3) is 0 Å². The van der Waals surface area contributed by atoms with Gasteiger partial charge >= 0.3 is 0 Å². The van der Waals surface area contributed by atoms with E-state index in [1.807, 2.05) is 48.5 Å². The van der Waals surface area contributed by atoms with Gasteiger partial charge in [-0.05, 0) is 53.4 Å². The van der Waals surface area contributed by atoms with Crippen molar-refractivity contribution in [3.8, 4) is 39.1 Å². The number of hydrogen-bond donors (Lipinski definition) is 0. The zero-order valence-electron chi connectivity index (χ0n) is 21.9. The fourth-order valence-electron chi connectivity index (χ4n) is 5.20. The molecule has 6 heteroatoms. The first-order chi connectivity index (χ1) is 19.7. The van der Waals surface area contributed by atoms with Crippen LogP contribution in [-0.2, 0) is 0 Å². The average molecular weight is 561 g/mol. The molecule has 0 radical (unpaired) electrons. The van der Waals surface area contributed by atoms with Gasteiger partial charge in [0.2, 0.25) is 0 Å². The second kappa shape index (κ2) is 10.5. The van der Waals surface area contributed by atoms with Gasteiger partial charge in [-0.25, -0.2) is 4.39 Å². The summed E-state index contributed by atoms with van der Waals surface area (Å²) in [5.74, 6) is 0.550. The highest BCUT2D eigenvalue weighted by Gasteiger charge is 2.17. The van der Waals surface area contributed by atoms with Crippen molar-refractivity contribution >= 4 is 54.3 Å². The van der Waals surface area contributed by atoms with E-state index in [4.69, 9.17) is 4.74 Å². The van der Waals surface area contributed by atoms with E-state index in [0.29, 0.717) is 12.2 Å². The molecule has 0 aliphatic rings. The van der Waals surface area contributed by atoms with Crippen LogP contribution in [0.4, 0.5) is 4.39 Å². The summed E-state index contributed by atoms with van der Waals surface area (Å²) in [6.07, 6.45) is 2.12. The Kier molecular flexibility index (Phi) is 6.50. The molecule has 2 aromatic heterocycles. The molecular weight excluding hydrogens is 536 g/mol. The van der Waals surface area contributed by atoms with Crippen LogP contribution in [0.15, 0.2) is 97.1 Å². The highest BCUT2D eigenvalue weighted by molar-refractivity contribution is 7.25. The molecule has 7 aromatic rings. The van der Waals surface area contributed by atoms with Gasteiger partial charge in [-0.2, -0.15) is 8.75 Å². The van der Waals surface area contributed by atoms with Gasteiger partial charge < -0.3 is 4.74 Å². The molecule has 7 rings (SSSR count). The van der Waals surface area contributed by atoms with Crippen LogP contribution in [0, 0.1) is 5.82 Å². The van der Waals surface area contributed by atoms with Crippen LogP contribution in [0.5, 0.6) is 5.75 Å². The summed E-state index contributed by atoms with van der Waals surface area (Å²) in [5, 5.41) is 2.54. The Morgan fingerprint density at radius 1 is 0.675 bits per heavy atom. The molecule has 0 saturated heterocycles. The van der Waals surface area contributed by atoms with Crippen molar-refractivity contribution in [1.82, 2.24) is 8.75 Å². The summed E-state index contributed by atoms with van der Waals surface area (Å²) in [6.45, 7) is 2.85. The van der Waals surface area contributed by atoms with E-state index < -0.39 is 0 Å². The molecule has 0 aliphatic heterocycles. The third kappa shape index (κ3) is 4.43. The number of ether oxygens (including phenoxy) is 1. The Balaban J connectivity index is 1.22. The number of thiophene rings is 1. The number of fused-ring (bicyclic) bond motifs is 4. The van der Waals surface area contributed by atoms with Gasteiger partial charge in [0.05, 0.1) is 18.3 Å². The third-order valence-electron chi connectivity index (χ3n) is 7.32. The summed E-state index contributed by atoms with van der Waals surface area (Å²) < 4.78 is 33.1. The molecule has 2 heterocycles. The van der Waals surface area contributed by atoms with Crippen LogP contribution in [-0.4, -0.2) is 15.4 Å². The third-order valence-corrected chi connectivity index (χ3v) is 8.98. The van der Waals surface area contributed by atoms with Crippen LogP contribution in [0.3, 0.4) is 0 Å². The summed E-state index contributed by atoms with van der Waals surface area (Å²) in [7, 11) is 0. The first-order valence-electron chi connectivity index (χ1n) is 13.4. The maximum atomic E-state index is 15.6. The van der Waals surface area contributed by atoms with E-state index in [-0.39, 0.29) is 5.82 Å². The first kappa shape index (κ1) is 24.9. The summed E-state index contributed by atoms with van der Waals surface area (Å²) in [5.41, 5.74) is 6.64. The lowest BCUT2D eigenvalue weighted by atomic mass is 9.95. The molecule has 0 aliphatic carbocycles. The van der Waals surface area contributed by atoms with Gasteiger partial charge in [0.1, 0.15) is 22.6 Å². The normalized spacial score (nSPS) is 11.6. The lowest BCUT2D eigenvalue weighted by molar-refractivity contribution is 0.309. The topological polar surface area (TPSA) is 35.0 Å². The van der Waals surface area contributed by atoms with Gasteiger partial charge in [0, 0.05) is 36.9 Å². The van der Waals surface area contributed by atoms with Crippen LogP contribution < -0.4 is 4.74 Å². The fourth-order valence-corrected chi connectivity index (χ4v) is 6.92. The van der Waals surface area contributed by atoms with E-state index in [2.05, 4.69) is 58.1 Å². The second-order valence-corrected chi connectivity index (χ2v) is 11.5. The van der Waals surface area contributed by atoms with Gasteiger partial charge in [-0.3, -0.25) is 0 Å². The van der Waals surface area contributed by atoms with Crippen molar-refractivity contribution in [3.63, 3.8) is 0 Å². The molecule has 0 N–H and O–H groups in total. The van der Waals surface area contributed by atoms with Crippen LogP contribution in [0.2, 0.25) is 0 Å². The Morgan fingerprint density at radius 3 is 2.20 bits per heavy atom. The maximum Gasteiger partial charge on any atom is 0.131 e. The Morgan fingerprint density at radius 2 is 1.38 bits per heavy atom. The zero-order valence-corrected chi connectivity index (χ0v) is 23.5. The van der Waals surface area contributed by atoms with Crippen molar-refractivity contribution in [2.45, 2.75) is 19.8 Å². The number of halogens is 1. The van der Waals surface area contributed by atoms with Crippen LogP contribution in [0.25, 0.3) is 64.6 Å². The van der Waals surface area contributed by atoms with Crippen molar-refractivity contribution in [3.05, 3.63) is 103 Å². The quantitative estimate of drug-likeness (QED) is 0.182. The number of hydrogen-bond acceptors (Lipinski definition) is 5. The largest absolute Gasteiger partial charge is 0.494 e. The number of rotatable bonds is 7. The monoisotopic (exact) mass is 560 g/mol. The minimum Gasteiger partial charge on any atom is -0.494 e. The second-order valence-electron chi connectivity index (χ2n) is 9.85. The van der Waals surface area contributed by atoms with Crippen molar-refractivity contribution in [2.24, 2.45) is 0 Å². The molecule has 0 saturated carbocycles. The zero-order chi connectivity index (χ0) is 27.1. The van der Waals surface area contributed by atoms with Crippen molar-refractivity contribution in [2.75, 3.05) is 6.61 Å². The fraction of sp³-hybridized carbons (Fsp3) is 0.118. The minimum absolute atomic E-state index is 0.283. The number of nitrogens with zero attached hydrogens (tertiary/aromatic N) is 2. The molecule has 0 unspecified atom stereocenters. The minimum atomic E-state index is -0.283. The van der Waals surface area contributed by atoms with Gasteiger partial charge in [0.15, 0.2) is 0 Å². The maximum absolute atomic E-state index is 15.6. The molecule has 0 spiro atoms. The van der Waals surface area contributed by atoms with Crippen LogP contribution in [0.1, 0.15) is 19.8 Å². The molecule has 0 fully saturated rings. The summed E-state index contributed by atoms with van der Waals surface area (Å²) >= 11 is 2.95. The van der Waals surface area contributed by atoms with Crippen molar-refractivity contribution < 1.29 is 9.13 Å². The van der Waals surface area contributed by atoms with E-state index in [1.54, 1.807) is 17.4 Å². The number of aromatic nitrogens is 2. The molecule has 0 atom stereocenters. The predicted molar refractivity (Wildman–Crippen MR) is 167 cm³/mol. The molecule has 0 amide bonds. The standard InChI is InChI=1S/C34H25FN2OS2/c1-2-3-18-38-24-12-8-21(9-13-24)22-10-14-26(30(35)19-22)29-17-16-25(33-34(29)37-40-36-33)23-11-15-28-27-6-4-5-7-31(27)39-32(28)20-23/h4-17,19-20H,2-3,18H2,1H3. The van der Waals surface area contributed by atoms with E-state index in [0.717, 1.165) is 69.2 Å². The Labute approximate surface area is 239 Å². The molecule has 196 valence electrons. The number of benzene rings is 5. The summed E-state index contributed by atoms with van der Waals surface area (Å²) in [4.78, 5) is 0. The summed E-state index contributed by atoms with van der Waals surface area (Å²) in [6, 6.07) is 32.3. The molecule has 5 aromatic carbocycles. The number of unbranched alkanes of at least 4 members (excludes halogenated alkanes) is 1. The molecular formula is C34H25FN2OS2. The molecule has 40 heavy (non-hydrogen) atoms. The average Bonchev–Trinajstić information content (AvgIpc) is 3.62. The van der Waals surface area contributed by atoms with Crippen LogP contribution >= 0.6 is 23.1 Å². The van der Waals surface area contributed by atoms with Gasteiger partial charge in [-0.1, -0.05) is 80.1 Å².